The van der Waals surface area contributed by atoms with Gasteiger partial charge in [0.25, 0.3) is 5.91 Å². The SMILES string of the molecule is CCN(CC)S(=O)(=O)c1ccc(NC(=O)COC(=O)CCCSc2nc3ccccc3s2)cc1. The van der Waals surface area contributed by atoms with Gasteiger partial charge in [-0.05, 0) is 42.8 Å². The Morgan fingerprint density at radius 1 is 1.09 bits per heavy atom. The second-order valence-electron chi connectivity index (χ2n) is 7.22. The molecule has 11 heteroatoms. The number of nitrogens with zero attached hydrogens (tertiary/aromatic N) is 2. The molecule has 1 N–H and O–H groups in total. The topological polar surface area (TPSA) is 106 Å². The summed E-state index contributed by atoms with van der Waals surface area (Å²) in [7, 11) is -3.56. The highest BCUT2D eigenvalue weighted by atomic mass is 32.2. The zero-order chi connectivity index (χ0) is 24.6. The van der Waals surface area contributed by atoms with Crippen molar-refractivity contribution in [3.8, 4) is 0 Å². The number of thiazole rings is 1. The number of esters is 1. The Labute approximate surface area is 207 Å². The second-order valence-corrected chi connectivity index (χ2v) is 11.5. The predicted molar refractivity (Wildman–Crippen MR) is 136 cm³/mol. The molecule has 0 aliphatic rings. The van der Waals surface area contributed by atoms with E-state index >= 15 is 0 Å². The highest BCUT2D eigenvalue weighted by Crippen LogP contribution is 2.29. The van der Waals surface area contributed by atoms with Crippen LogP contribution in [0.4, 0.5) is 5.69 Å². The minimum atomic E-state index is -3.56. The van der Waals surface area contributed by atoms with Gasteiger partial charge in [-0.3, -0.25) is 9.59 Å². The molecule has 0 atom stereocenters. The molecule has 0 bridgehead atoms. The van der Waals surface area contributed by atoms with Crippen molar-refractivity contribution in [2.75, 3.05) is 30.8 Å². The van der Waals surface area contributed by atoms with Gasteiger partial charge in [-0.15, -0.1) is 11.3 Å². The van der Waals surface area contributed by atoms with Crippen LogP contribution in [0.25, 0.3) is 10.2 Å². The summed E-state index contributed by atoms with van der Waals surface area (Å²) in [5.41, 5.74) is 1.40. The molecule has 0 radical (unpaired) electrons. The van der Waals surface area contributed by atoms with E-state index in [-0.39, 0.29) is 11.3 Å². The highest BCUT2D eigenvalue weighted by molar-refractivity contribution is 8.01. The molecule has 1 aromatic heterocycles. The maximum absolute atomic E-state index is 12.5. The summed E-state index contributed by atoms with van der Waals surface area (Å²) in [6.45, 7) is 3.91. The normalized spacial score (nSPS) is 11.6. The first kappa shape index (κ1) is 26.1. The summed E-state index contributed by atoms with van der Waals surface area (Å²) >= 11 is 3.22. The third kappa shape index (κ3) is 7.02. The van der Waals surface area contributed by atoms with Gasteiger partial charge in [0, 0.05) is 31.0 Å². The molecule has 0 aliphatic heterocycles. The number of amides is 1. The first-order chi connectivity index (χ1) is 16.3. The van der Waals surface area contributed by atoms with E-state index in [2.05, 4.69) is 10.3 Å². The number of nitrogens with one attached hydrogen (secondary N) is 1. The van der Waals surface area contributed by atoms with Gasteiger partial charge in [-0.2, -0.15) is 4.31 Å². The van der Waals surface area contributed by atoms with Crippen LogP contribution in [-0.4, -0.2) is 55.0 Å². The number of hydrogen-bond acceptors (Lipinski definition) is 8. The molecule has 0 fully saturated rings. The predicted octanol–water partition coefficient (Wildman–Crippen LogP) is 4.38. The van der Waals surface area contributed by atoms with Crippen LogP contribution in [-0.2, 0) is 24.3 Å². The lowest BCUT2D eigenvalue weighted by Crippen LogP contribution is -2.30. The summed E-state index contributed by atoms with van der Waals surface area (Å²) < 4.78 is 33.5. The number of anilines is 1. The Bertz CT molecular complexity index is 1190. The van der Waals surface area contributed by atoms with E-state index in [0.29, 0.717) is 25.2 Å². The van der Waals surface area contributed by atoms with E-state index in [1.807, 2.05) is 24.3 Å². The van der Waals surface area contributed by atoms with E-state index in [0.717, 1.165) is 20.3 Å². The molecular weight excluding hydrogens is 494 g/mol. The first-order valence-electron chi connectivity index (χ1n) is 10.9. The van der Waals surface area contributed by atoms with E-state index in [4.69, 9.17) is 4.74 Å². The van der Waals surface area contributed by atoms with E-state index in [9.17, 15) is 18.0 Å². The van der Waals surface area contributed by atoms with Gasteiger partial charge in [-0.1, -0.05) is 37.7 Å². The lowest BCUT2D eigenvalue weighted by molar-refractivity contribution is -0.147. The second kappa shape index (κ2) is 12.3. The number of benzene rings is 2. The molecule has 0 aliphatic carbocycles. The number of ether oxygens (including phenoxy) is 1. The number of para-hydroxylation sites is 1. The average molecular weight is 522 g/mol. The summed E-state index contributed by atoms with van der Waals surface area (Å²) in [6, 6.07) is 13.8. The van der Waals surface area contributed by atoms with Crippen LogP contribution in [0.2, 0.25) is 0 Å². The van der Waals surface area contributed by atoms with Gasteiger partial charge in [-0.25, -0.2) is 13.4 Å². The third-order valence-corrected chi connectivity index (χ3v) is 9.20. The van der Waals surface area contributed by atoms with Crippen molar-refractivity contribution < 1.29 is 22.7 Å². The van der Waals surface area contributed by atoms with Crippen molar-refractivity contribution >= 4 is 60.9 Å². The summed E-state index contributed by atoms with van der Waals surface area (Å²) in [6.07, 6.45) is 0.826. The Balaban J connectivity index is 1.37. The molecule has 1 amide bonds. The van der Waals surface area contributed by atoms with E-state index in [1.165, 1.54) is 28.6 Å². The lowest BCUT2D eigenvalue weighted by Gasteiger charge is -2.18. The van der Waals surface area contributed by atoms with Gasteiger partial charge < -0.3 is 10.1 Å². The fourth-order valence-corrected chi connectivity index (χ4v) is 6.66. The number of aromatic nitrogens is 1. The summed E-state index contributed by atoms with van der Waals surface area (Å²) in [5, 5.41) is 2.60. The molecule has 2 aromatic carbocycles. The Hall–Kier alpha value is -2.47. The molecule has 0 saturated heterocycles. The fourth-order valence-electron chi connectivity index (χ4n) is 3.13. The van der Waals surface area contributed by atoms with Gasteiger partial charge in [0.05, 0.1) is 15.1 Å². The van der Waals surface area contributed by atoms with Crippen molar-refractivity contribution in [2.24, 2.45) is 0 Å². The lowest BCUT2D eigenvalue weighted by atomic mass is 10.3. The van der Waals surface area contributed by atoms with Gasteiger partial charge in [0.1, 0.15) is 0 Å². The van der Waals surface area contributed by atoms with Crippen LogP contribution < -0.4 is 5.32 Å². The Kier molecular flexibility index (Phi) is 9.45. The maximum atomic E-state index is 12.5. The number of carbonyl (C=O) groups is 2. The standard InChI is InChI=1S/C23H27N3O5S3/c1-3-26(4-2)34(29,30)18-13-11-17(12-14-18)24-21(27)16-31-22(28)10-7-15-32-23-25-19-8-5-6-9-20(19)33-23/h5-6,8-9,11-14H,3-4,7,10,15-16H2,1-2H3,(H,24,27). The van der Waals surface area contributed by atoms with Crippen LogP contribution in [0.5, 0.6) is 0 Å². The summed E-state index contributed by atoms with van der Waals surface area (Å²) in [4.78, 5) is 28.7. The molecule has 0 unspecified atom stereocenters. The number of thioether (sulfide) groups is 1. The number of hydrogen-bond donors (Lipinski definition) is 1. The fraction of sp³-hybridized carbons (Fsp3) is 0.348. The molecule has 182 valence electrons. The van der Waals surface area contributed by atoms with Crippen LogP contribution >= 0.6 is 23.1 Å². The third-order valence-electron chi connectivity index (χ3n) is 4.87. The van der Waals surface area contributed by atoms with Gasteiger partial charge in [0.15, 0.2) is 10.9 Å². The minimum Gasteiger partial charge on any atom is -0.456 e. The van der Waals surface area contributed by atoms with E-state index in [1.54, 1.807) is 36.9 Å². The van der Waals surface area contributed by atoms with Crippen molar-refractivity contribution in [1.82, 2.24) is 9.29 Å². The van der Waals surface area contributed by atoms with Crippen LogP contribution in [0.15, 0.2) is 57.8 Å². The number of sulfonamides is 1. The van der Waals surface area contributed by atoms with E-state index < -0.39 is 28.5 Å². The Morgan fingerprint density at radius 3 is 2.47 bits per heavy atom. The van der Waals surface area contributed by atoms with Gasteiger partial charge >= 0.3 is 5.97 Å². The minimum absolute atomic E-state index is 0.157. The van der Waals surface area contributed by atoms with Crippen molar-refractivity contribution in [1.29, 1.82) is 0 Å². The zero-order valence-electron chi connectivity index (χ0n) is 19.0. The average Bonchev–Trinajstić information content (AvgIpc) is 3.24. The monoisotopic (exact) mass is 521 g/mol. The molecule has 8 nitrogen and oxygen atoms in total. The molecule has 0 saturated carbocycles. The zero-order valence-corrected chi connectivity index (χ0v) is 21.5. The molecular formula is C23H27N3O5S3. The summed E-state index contributed by atoms with van der Waals surface area (Å²) in [5.74, 6) is -0.207. The quantitative estimate of drug-likeness (QED) is 0.214. The number of fused-ring (bicyclic) bond motifs is 1. The largest absolute Gasteiger partial charge is 0.456 e. The highest BCUT2D eigenvalue weighted by Gasteiger charge is 2.21. The number of rotatable bonds is 12. The molecule has 3 aromatic rings. The number of carbonyl (C=O) groups excluding carboxylic acids is 2. The Morgan fingerprint density at radius 2 is 1.79 bits per heavy atom. The van der Waals surface area contributed by atoms with Crippen LogP contribution in [0, 0.1) is 0 Å². The maximum Gasteiger partial charge on any atom is 0.306 e. The first-order valence-corrected chi connectivity index (χ1v) is 14.1. The smallest absolute Gasteiger partial charge is 0.306 e. The van der Waals surface area contributed by atoms with Crippen LogP contribution in [0.1, 0.15) is 26.7 Å². The molecule has 3 rings (SSSR count). The molecule has 1 heterocycles. The van der Waals surface area contributed by atoms with Crippen molar-refractivity contribution in [3.63, 3.8) is 0 Å². The van der Waals surface area contributed by atoms with Crippen molar-refractivity contribution in [2.45, 2.75) is 35.9 Å². The van der Waals surface area contributed by atoms with Crippen LogP contribution in [0.3, 0.4) is 0 Å². The van der Waals surface area contributed by atoms with Gasteiger partial charge in [0.2, 0.25) is 10.0 Å². The molecule has 0 spiro atoms. The van der Waals surface area contributed by atoms with Crippen molar-refractivity contribution in [3.05, 3.63) is 48.5 Å². The molecule has 34 heavy (non-hydrogen) atoms.